The molecule has 10 heteroatoms. The van der Waals surface area contributed by atoms with E-state index in [4.69, 9.17) is 21.1 Å². The number of nitrogens with zero attached hydrogens (tertiary/aromatic N) is 1. The summed E-state index contributed by atoms with van der Waals surface area (Å²) in [6.07, 6.45) is 1.39. The smallest absolute Gasteiger partial charge is 0.343 e. The highest BCUT2D eigenvalue weighted by molar-refractivity contribution is 9.10. The third kappa shape index (κ3) is 7.16. The van der Waals surface area contributed by atoms with Crippen molar-refractivity contribution in [3.8, 4) is 11.5 Å². The first kappa shape index (κ1) is 24.9. The molecule has 0 radical (unpaired) electrons. The Morgan fingerprint density at radius 2 is 1.76 bits per heavy atom. The summed E-state index contributed by atoms with van der Waals surface area (Å²) in [5, 5.41) is 6.77. The van der Waals surface area contributed by atoms with Crippen LogP contribution in [-0.2, 0) is 4.79 Å². The maximum absolute atomic E-state index is 12.4. The van der Waals surface area contributed by atoms with Gasteiger partial charge in [0.2, 0.25) is 0 Å². The van der Waals surface area contributed by atoms with Crippen LogP contribution in [0.4, 0.5) is 0 Å². The Morgan fingerprint density at radius 3 is 2.50 bits per heavy atom. The average Bonchev–Trinajstić information content (AvgIpc) is 2.83. The number of benzene rings is 3. The SMILES string of the molecule is COc1cc(/C=N\NC(=O)CNC(=O)c2cccc(Cl)c2)ccc1OC(=O)c1cccc(Br)c1. The lowest BCUT2D eigenvalue weighted by Gasteiger charge is -2.10. The molecule has 2 amide bonds. The first-order valence-corrected chi connectivity index (χ1v) is 11.0. The Morgan fingerprint density at radius 1 is 1.00 bits per heavy atom. The molecular formula is C24H19BrClN3O5. The van der Waals surface area contributed by atoms with E-state index in [0.717, 1.165) is 4.47 Å². The van der Waals surface area contributed by atoms with E-state index in [1.165, 1.54) is 19.4 Å². The minimum atomic E-state index is -0.534. The summed E-state index contributed by atoms with van der Waals surface area (Å²) in [7, 11) is 1.44. The largest absolute Gasteiger partial charge is 0.493 e. The molecule has 2 N–H and O–H groups in total. The number of nitrogens with one attached hydrogen (secondary N) is 2. The van der Waals surface area contributed by atoms with E-state index >= 15 is 0 Å². The van der Waals surface area contributed by atoms with E-state index in [-0.39, 0.29) is 12.3 Å². The first-order valence-electron chi connectivity index (χ1n) is 9.87. The number of amides is 2. The summed E-state index contributed by atoms with van der Waals surface area (Å²) in [6.45, 7) is -0.267. The van der Waals surface area contributed by atoms with Crippen LogP contribution in [-0.4, -0.2) is 37.7 Å². The van der Waals surface area contributed by atoms with Gasteiger partial charge in [-0.15, -0.1) is 0 Å². The van der Waals surface area contributed by atoms with Gasteiger partial charge in [0, 0.05) is 15.1 Å². The zero-order valence-corrected chi connectivity index (χ0v) is 20.2. The van der Waals surface area contributed by atoms with Gasteiger partial charge < -0.3 is 14.8 Å². The van der Waals surface area contributed by atoms with Crippen molar-refractivity contribution < 1.29 is 23.9 Å². The van der Waals surface area contributed by atoms with Crippen molar-refractivity contribution >= 4 is 51.5 Å². The molecule has 0 aromatic heterocycles. The van der Waals surface area contributed by atoms with Crippen LogP contribution in [0.1, 0.15) is 26.3 Å². The van der Waals surface area contributed by atoms with Crippen molar-refractivity contribution in [2.75, 3.05) is 13.7 Å². The number of hydrogen-bond acceptors (Lipinski definition) is 6. The van der Waals surface area contributed by atoms with Gasteiger partial charge in [0.15, 0.2) is 11.5 Å². The monoisotopic (exact) mass is 543 g/mol. The van der Waals surface area contributed by atoms with E-state index in [0.29, 0.717) is 27.5 Å². The van der Waals surface area contributed by atoms with Crippen molar-refractivity contribution in [1.29, 1.82) is 0 Å². The predicted octanol–water partition coefficient (Wildman–Crippen LogP) is 4.21. The number of rotatable bonds is 8. The fourth-order valence-electron chi connectivity index (χ4n) is 2.73. The van der Waals surface area contributed by atoms with Crippen molar-refractivity contribution in [1.82, 2.24) is 10.7 Å². The quantitative estimate of drug-likeness (QED) is 0.191. The number of hydrogen-bond donors (Lipinski definition) is 2. The molecule has 8 nitrogen and oxygen atoms in total. The summed E-state index contributed by atoms with van der Waals surface area (Å²) >= 11 is 9.17. The maximum atomic E-state index is 12.4. The molecule has 0 spiro atoms. The van der Waals surface area contributed by atoms with Crippen LogP contribution < -0.4 is 20.2 Å². The molecule has 0 atom stereocenters. The second kappa shape index (κ2) is 12.0. The summed E-state index contributed by atoms with van der Waals surface area (Å²) in [5.41, 5.74) is 3.63. The topological polar surface area (TPSA) is 106 Å². The van der Waals surface area contributed by atoms with Crippen LogP contribution in [0.25, 0.3) is 0 Å². The second-order valence-corrected chi connectivity index (χ2v) is 8.15. The van der Waals surface area contributed by atoms with Crippen LogP contribution in [0.3, 0.4) is 0 Å². The van der Waals surface area contributed by atoms with Gasteiger partial charge in [-0.3, -0.25) is 9.59 Å². The highest BCUT2D eigenvalue weighted by Gasteiger charge is 2.13. The third-order valence-electron chi connectivity index (χ3n) is 4.35. The molecule has 3 aromatic carbocycles. The molecule has 0 saturated heterocycles. The molecule has 0 saturated carbocycles. The van der Waals surface area contributed by atoms with E-state index in [1.807, 2.05) is 0 Å². The highest BCUT2D eigenvalue weighted by atomic mass is 79.9. The number of halogens is 2. The summed E-state index contributed by atoms with van der Waals surface area (Å²) < 4.78 is 11.5. The molecule has 174 valence electrons. The molecule has 3 rings (SSSR count). The third-order valence-corrected chi connectivity index (χ3v) is 5.08. The highest BCUT2D eigenvalue weighted by Crippen LogP contribution is 2.28. The number of ether oxygens (including phenoxy) is 2. The molecule has 3 aromatic rings. The normalized spacial score (nSPS) is 10.6. The number of hydrazone groups is 1. The molecule has 34 heavy (non-hydrogen) atoms. The Bertz CT molecular complexity index is 1250. The van der Waals surface area contributed by atoms with Gasteiger partial charge in [0.1, 0.15) is 0 Å². The molecule has 0 fully saturated rings. The van der Waals surface area contributed by atoms with Gasteiger partial charge >= 0.3 is 5.97 Å². The predicted molar refractivity (Wildman–Crippen MR) is 132 cm³/mol. The van der Waals surface area contributed by atoms with Gasteiger partial charge in [0.25, 0.3) is 11.8 Å². The Labute approximate surface area is 209 Å². The fraction of sp³-hybridized carbons (Fsp3) is 0.0833. The van der Waals surface area contributed by atoms with Crippen molar-refractivity contribution in [3.05, 3.63) is 92.9 Å². The zero-order chi connectivity index (χ0) is 24.5. The van der Waals surface area contributed by atoms with Gasteiger partial charge in [-0.1, -0.05) is 39.7 Å². The summed E-state index contributed by atoms with van der Waals surface area (Å²) in [6, 6.07) is 18.0. The van der Waals surface area contributed by atoms with E-state index < -0.39 is 17.8 Å². The minimum Gasteiger partial charge on any atom is -0.493 e. The average molecular weight is 545 g/mol. The lowest BCUT2D eigenvalue weighted by molar-refractivity contribution is -0.120. The molecule has 0 aliphatic carbocycles. The molecule has 0 bridgehead atoms. The van der Waals surface area contributed by atoms with E-state index in [2.05, 4.69) is 31.8 Å². The molecule has 0 unspecified atom stereocenters. The lowest BCUT2D eigenvalue weighted by Crippen LogP contribution is -2.34. The molecule has 0 heterocycles. The standard InChI is InChI=1S/C24H19BrClN3O5/c1-33-21-10-15(8-9-20(21)34-24(32)17-5-2-6-18(25)11-17)13-28-29-22(30)14-27-23(31)16-4-3-7-19(26)12-16/h2-13H,14H2,1H3,(H,27,31)(H,29,30)/b28-13-. The van der Waals surface area contributed by atoms with Crippen molar-refractivity contribution in [2.45, 2.75) is 0 Å². The zero-order valence-electron chi connectivity index (χ0n) is 17.9. The molecule has 0 aliphatic rings. The fourth-order valence-corrected chi connectivity index (χ4v) is 3.32. The number of carbonyl (C=O) groups is 3. The van der Waals surface area contributed by atoms with Gasteiger partial charge in [-0.25, -0.2) is 10.2 Å². The number of esters is 1. The van der Waals surface area contributed by atoms with Crippen LogP contribution >= 0.6 is 27.5 Å². The maximum Gasteiger partial charge on any atom is 0.343 e. The van der Waals surface area contributed by atoms with Crippen LogP contribution in [0.5, 0.6) is 11.5 Å². The minimum absolute atomic E-state index is 0.234. The first-order chi connectivity index (χ1) is 16.4. The second-order valence-electron chi connectivity index (χ2n) is 6.80. The Hall–Kier alpha value is -3.69. The van der Waals surface area contributed by atoms with Crippen LogP contribution in [0.2, 0.25) is 5.02 Å². The van der Waals surface area contributed by atoms with Gasteiger partial charge in [-0.2, -0.15) is 5.10 Å². The van der Waals surface area contributed by atoms with Crippen LogP contribution in [0, 0.1) is 0 Å². The van der Waals surface area contributed by atoms with E-state index in [9.17, 15) is 14.4 Å². The van der Waals surface area contributed by atoms with Gasteiger partial charge in [-0.05, 0) is 60.2 Å². The van der Waals surface area contributed by atoms with Crippen molar-refractivity contribution in [2.24, 2.45) is 5.10 Å². The summed E-state index contributed by atoms with van der Waals surface area (Å²) in [4.78, 5) is 36.4. The Balaban J connectivity index is 1.54. The van der Waals surface area contributed by atoms with Crippen molar-refractivity contribution in [3.63, 3.8) is 0 Å². The number of carbonyl (C=O) groups excluding carboxylic acids is 3. The summed E-state index contributed by atoms with van der Waals surface area (Å²) in [5.74, 6) is -0.935. The Kier molecular flexibility index (Phi) is 8.78. The van der Waals surface area contributed by atoms with E-state index in [1.54, 1.807) is 60.7 Å². The van der Waals surface area contributed by atoms with Gasteiger partial charge in [0.05, 0.1) is 25.4 Å². The lowest BCUT2D eigenvalue weighted by atomic mass is 10.2. The van der Waals surface area contributed by atoms with Crippen LogP contribution in [0.15, 0.2) is 76.3 Å². The molecular weight excluding hydrogens is 526 g/mol. The number of methoxy groups -OCH3 is 1. The molecule has 0 aliphatic heterocycles.